The van der Waals surface area contributed by atoms with Crippen LogP contribution in [0, 0.1) is 3.57 Å². The first-order valence-electron chi connectivity index (χ1n) is 5.48. The summed E-state index contributed by atoms with van der Waals surface area (Å²) >= 11 is 8.01. The van der Waals surface area contributed by atoms with Gasteiger partial charge in [-0.3, -0.25) is 4.79 Å². The van der Waals surface area contributed by atoms with E-state index in [1.165, 1.54) is 0 Å². The summed E-state index contributed by atoms with van der Waals surface area (Å²) in [6, 6.07) is 5.48. The molecule has 0 saturated carbocycles. The Bertz CT molecular complexity index is 385. The van der Waals surface area contributed by atoms with Gasteiger partial charge in [0.25, 0.3) is 0 Å². The maximum atomic E-state index is 11.4. The summed E-state index contributed by atoms with van der Waals surface area (Å²) in [6.45, 7) is 2.73. The third-order valence-electron chi connectivity index (χ3n) is 2.12. The van der Waals surface area contributed by atoms with Crippen molar-refractivity contribution in [1.82, 2.24) is 0 Å². The number of unbranched alkanes of at least 4 members (excludes halogenated alkanes) is 1. The molecule has 0 aromatic heterocycles. The summed E-state index contributed by atoms with van der Waals surface area (Å²) in [7, 11) is 0. The second-order valence-electron chi connectivity index (χ2n) is 3.55. The summed E-state index contributed by atoms with van der Waals surface area (Å²) < 4.78 is 6.02. The lowest BCUT2D eigenvalue weighted by molar-refractivity contribution is -0.141. The van der Waals surface area contributed by atoms with Gasteiger partial charge in [0.2, 0.25) is 0 Å². The van der Waals surface area contributed by atoms with Crippen LogP contribution in [0.2, 0.25) is 5.02 Å². The van der Waals surface area contributed by atoms with Gasteiger partial charge < -0.3 is 10.1 Å². The highest BCUT2D eigenvalue weighted by Crippen LogP contribution is 2.21. The molecule has 0 radical (unpaired) electrons. The second kappa shape index (κ2) is 7.76. The number of halogens is 2. The molecule has 1 N–H and O–H groups in total. The van der Waals surface area contributed by atoms with E-state index in [0.717, 1.165) is 22.1 Å². The number of rotatable bonds is 6. The van der Waals surface area contributed by atoms with Crippen LogP contribution in [0.5, 0.6) is 0 Å². The highest BCUT2D eigenvalue weighted by Gasteiger charge is 2.04. The topological polar surface area (TPSA) is 38.3 Å². The lowest BCUT2D eigenvalue weighted by Crippen LogP contribution is -2.17. The zero-order chi connectivity index (χ0) is 12.7. The third-order valence-corrected chi connectivity index (χ3v) is 3.24. The Morgan fingerprint density at radius 2 is 2.29 bits per heavy atom. The first-order valence-corrected chi connectivity index (χ1v) is 6.93. The number of esters is 1. The van der Waals surface area contributed by atoms with Crippen LogP contribution >= 0.6 is 34.2 Å². The van der Waals surface area contributed by atoms with Crippen molar-refractivity contribution >= 4 is 45.8 Å². The van der Waals surface area contributed by atoms with E-state index in [1.54, 1.807) is 6.07 Å². The average Bonchev–Trinajstić information content (AvgIpc) is 2.28. The Balaban J connectivity index is 2.37. The molecule has 0 atom stereocenters. The van der Waals surface area contributed by atoms with E-state index < -0.39 is 0 Å². The highest BCUT2D eigenvalue weighted by molar-refractivity contribution is 14.1. The zero-order valence-corrected chi connectivity index (χ0v) is 12.5. The van der Waals surface area contributed by atoms with Gasteiger partial charge in [-0.2, -0.15) is 0 Å². The SMILES string of the molecule is CCCCOC(=O)CNc1ccc(Cl)cc1I. The summed E-state index contributed by atoms with van der Waals surface area (Å²) in [6.07, 6.45) is 1.93. The summed E-state index contributed by atoms with van der Waals surface area (Å²) in [5.41, 5.74) is 0.891. The fourth-order valence-corrected chi connectivity index (χ4v) is 2.24. The van der Waals surface area contributed by atoms with Gasteiger partial charge >= 0.3 is 5.97 Å². The number of benzene rings is 1. The van der Waals surface area contributed by atoms with Crippen LogP contribution in [0.1, 0.15) is 19.8 Å². The van der Waals surface area contributed by atoms with Crippen molar-refractivity contribution in [3.05, 3.63) is 26.8 Å². The molecule has 0 aliphatic rings. The molecule has 0 aliphatic heterocycles. The van der Waals surface area contributed by atoms with E-state index in [1.807, 2.05) is 12.1 Å². The van der Waals surface area contributed by atoms with Gasteiger partial charge in [-0.15, -0.1) is 0 Å². The summed E-state index contributed by atoms with van der Waals surface area (Å²) in [5.74, 6) is -0.232. The van der Waals surface area contributed by atoms with Gasteiger partial charge in [0.05, 0.1) is 6.61 Å². The Morgan fingerprint density at radius 1 is 1.53 bits per heavy atom. The first kappa shape index (κ1) is 14.6. The van der Waals surface area contributed by atoms with E-state index in [0.29, 0.717) is 11.6 Å². The van der Waals surface area contributed by atoms with E-state index in [9.17, 15) is 4.79 Å². The molecule has 1 aromatic carbocycles. The first-order chi connectivity index (χ1) is 8.13. The van der Waals surface area contributed by atoms with Crippen LogP contribution in [-0.2, 0) is 9.53 Å². The molecule has 94 valence electrons. The van der Waals surface area contributed by atoms with E-state index >= 15 is 0 Å². The molecule has 1 rings (SSSR count). The molecule has 0 heterocycles. The van der Waals surface area contributed by atoms with Crippen molar-refractivity contribution in [2.45, 2.75) is 19.8 Å². The fraction of sp³-hybridized carbons (Fsp3) is 0.417. The predicted molar refractivity (Wildman–Crippen MR) is 78.5 cm³/mol. The van der Waals surface area contributed by atoms with Crippen LogP contribution < -0.4 is 5.32 Å². The number of carbonyl (C=O) groups excluding carboxylic acids is 1. The number of nitrogens with one attached hydrogen (secondary N) is 1. The molecule has 3 nitrogen and oxygen atoms in total. The largest absolute Gasteiger partial charge is 0.464 e. The zero-order valence-electron chi connectivity index (χ0n) is 9.63. The number of anilines is 1. The average molecular weight is 368 g/mol. The second-order valence-corrected chi connectivity index (χ2v) is 5.15. The minimum atomic E-state index is -0.232. The number of hydrogen-bond acceptors (Lipinski definition) is 3. The van der Waals surface area contributed by atoms with Crippen LogP contribution in [0.15, 0.2) is 18.2 Å². The smallest absolute Gasteiger partial charge is 0.325 e. The number of carbonyl (C=O) groups is 1. The third kappa shape index (κ3) is 5.59. The molecule has 1 aromatic rings. The standard InChI is InChI=1S/C12H15ClINO2/c1-2-3-6-17-12(16)8-15-11-5-4-9(13)7-10(11)14/h4-5,7,15H,2-3,6,8H2,1H3. The van der Waals surface area contributed by atoms with E-state index in [2.05, 4.69) is 34.8 Å². The van der Waals surface area contributed by atoms with Crippen molar-refractivity contribution in [2.75, 3.05) is 18.5 Å². The fourth-order valence-electron chi connectivity index (χ4n) is 1.18. The molecule has 0 fully saturated rings. The van der Waals surface area contributed by atoms with Gasteiger partial charge in [0, 0.05) is 14.3 Å². The van der Waals surface area contributed by atoms with Crippen molar-refractivity contribution in [1.29, 1.82) is 0 Å². The number of hydrogen-bond donors (Lipinski definition) is 1. The maximum Gasteiger partial charge on any atom is 0.325 e. The van der Waals surface area contributed by atoms with Gasteiger partial charge in [0.1, 0.15) is 6.54 Å². The van der Waals surface area contributed by atoms with Crippen molar-refractivity contribution < 1.29 is 9.53 Å². The molecule has 0 amide bonds. The van der Waals surface area contributed by atoms with Crippen LogP contribution in [0.4, 0.5) is 5.69 Å². The van der Waals surface area contributed by atoms with Gasteiger partial charge in [0.15, 0.2) is 0 Å². The maximum absolute atomic E-state index is 11.4. The Labute approximate surface area is 120 Å². The predicted octanol–water partition coefficient (Wildman–Crippen LogP) is 3.70. The van der Waals surface area contributed by atoms with Crippen LogP contribution in [0.25, 0.3) is 0 Å². The van der Waals surface area contributed by atoms with Gasteiger partial charge in [-0.25, -0.2) is 0 Å². The number of ether oxygens (including phenoxy) is 1. The molecular formula is C12H15ClINO2. The highest BCUT2D eigenvalue weighted by atomic mass is 127. The minimum absolute atomic E-state index is 0.182. The Morgan fingerprint density at radius 3 is 2.94 bits per heavy atom. The Kier molecular flexibility index (Phi) is 6.65. The molecule has 0 spiro atoms. The summed E-state index contributed by atoms with van der Waals surface area (Å²) in [5, 5.41) is 3.71. The van der Waals surface area contributed by atoms with Crippen molar-refractivity contribution in [2.24, 2.45) is 0 Å². The normalized spacial score (nSPS) is 10.1. The molecule has 0 saturated heterocycles. The lowest BCUT2D eigenvalue weighted by atomic mass is 10.3. The Hall–Kier alpha value is -0.490. The van der Waals surface area contributed by atoms with Crippen LogP contribution in [0.3, 0.4) is 0 Å². The van der Waals surface area contributed by atoms with E-state index in [4.69, 9.17) is 16.3 Å². The minimum Gasteiger partial charge on any atom is -0.464 e. The molecule has 5 heteroatoms. The van der Waals surface area contributed by atoms with Crippen LogP contribution in [-0.4, -0.2) is 19.1 Å². The lowest BCUT2D eigenvalue weighted by Gasteiger charge is -2.08. The van der Waals surface area contributed by atoms with Crippen molar-refractivity contribution in [3.63, 3.8) is 0 Å². The molecule has 0 bridgehead atoms. The van der Waals surface area contributed by atoms with Gasteiger partial charge in [-0.1, -0.05) is 24.9 Å². The molecule has 0 aliphatic carbocycles. The summed E-state index contributed by atoms with van der Waals surface area (Å²) in [4.78, 5) is 11.4. The van der Waals surface area contributed by atoms with Gasteiger partial charge in [-0.05, 0) is 47.2 Å². The molecular weight excluding hydrogens is 352 g/mol. The van der Waals surface area contributed by atoms with Crippen molar-refractivity contribution in [3.8, 4) is 0 Å². The molecule has 17 heavy (non-hydrogen) atoms. The quantitative estimate of drug-likeness (QED) is 0.473. The molecule has 0 unspecified atom stereocenters. The van der Waals surface area contributed by atoms with E-state index in [-0.39, 0.29) is 12.5 Å². The monoisotopic (exact) mass is 367 g/mol.